The number of carbonyl (C=O) groups is 1. The second-order valence-corrected chi connectivity index (χ2v) is 7.80. The summed E-state index contributed by atoms with van der Waals surface area (Å²) in [4.78, 5) is 21.6. The topological polar surface area (TPSA) is 45.7 Å². The van der Waals surface area contributed by atoms with Crippen LogP contribution in [0.3, 0.4) is 0 Å². The summed E-state index contributed by atoms with van der Waals surface area (Å²) in [5, 5.41) is 1.74. The van der Waals surface area contributed by atoms with E-state index in [0.717, 1.165) is 45.4 Å². The molecular formula is C17H20ClN3O2S. The van der Waals surface area contributed by atoms with Gasteiger partial charge in [-0.3, -0.25) is 4.79 Å². The van der Waals surface area contributed by atoms with E-state index in [4.69, 9.17) is 21.3 Å². The molecule has 1 amide bonds. The molecule has 1 aromatic heterocycles. The molecule has 4 rings (SSSR count). The van der Waals surface area contributed by atoms with Crippen molar-refractivity contribution in [3.05, 3.63) is 22.7 Å². The van der Waals surface area contributed by atoms with Gasteiger partial charge in [0.2, 0.25) is 5.91 Å². The van der Waals surface area contributed by atoms with Crippen molar-refractivity contribution in [1.29, 1.82) is 0 Å². The summed E-state index contributed by atoms with van der Waals surface area (Å²) in [5.41, 5.74) is 2.00. The summed E-state index contributed by atoms with van der Waals surface area (Å²) in [7, 11) is 0. The highest BCUT2D eigenvalue weighted by Gasteiger charge is 2.33. The van der Waals surface area contributed by atoms with Gasteiger partial charge in [0.25, 0.3) is 0 Å². The highest BCUT2D eigenvalue weighted by Crippen LogP contribution is 2.35. The van der Waals surface area contributed by atoms with Crippen molar-refractivity contribution in [2.45, 2.75) is 13.3 Å². The second kappa shape index (κ2) is 6.50. The van der Waals surface area contributed by atoms with Crippen LogP contribution in [0.5, 0.6) is 0 Å². The van der Waals surface area contributed by atoms with Crippen molar-refractivity contribution in [2.24, 2.45) is 5.92 Å². The van der Waals surface area contributed by atoms with Gasteiger partial charge in [0.1, 0.15) is 0 Å². The van der Waals surface area contributed by atoms with Gasteiger partial charge in [-0.15, -0.1) is 0 Å². The standard InChI is InChI=1S/C17H20ClN3O2S/c1-11-13(18)2-3-14-15(11)19-17(24-14)21-5-4-12(10-21)16(22)20-6-8-23-9-7-20/h2-3,12H,4-10H2,1H3. The van der Waals surface area contributed by atoms with Crippen molar-refractivity contribution in [1.82, 2.24) is 9.88 Å². The number of anilines is 1. The van der Waals surface area contributed by atoms with E-state index in [1.807, 2.05) is 24.0 Å². The number of hydrogen-bond acceptors (Lipinski definition) is 5. The number of carbonyl (C=O) groups excluding carboxylic acids is 1. The van der Waals surface area contributed by atoms with Crippen LogP contribution in [0.25, 0.3) is 10.2 Å². The first-order valence-corrected chi connectivity index (χ1v) is 9.50. The molecule has 2 aliphatic heterocycles. The molecule has 1 unspecified atom stereocenters. The number of halogens is 1. The molecule has 3 heterocycles. The summed E-state index contributed by atoms with van der Waals surface area (Å²) < 4.78 is 6.48. The van der Waals surface area contributed by atoms with E-state index < -0.39 is 0 Å². The van der Waals surface area contributed by atoms with E-state index in [1.54, 1.807) is 11.3 Å². The molecule has 5 nitrogen and oxygen atoms in total. The molecule has 2 aliphatic rings. The first kappa shape index (κ1) is 16.1. The van der Waals surface area contributed by atoms with Crippen LogP contribution in [0.1, 0.15) is 12.0 Å². The lowest BCUT2D eigenvalue weighted by Gasteiger charge is -2.29. The lowest BCUT2D eigenvalue weighted by atomic mass is 10.1. The molecular weight excluding hydrogens is 346 g/mol. The average Bonchev–Trinajstić information content (AvgIpc) is 3.25. The van der Waals surface area contributed by atoms with E-state index in [2.05, 4.69) is 4.90 Å². The van der Waals surface area contributed by atoms with E-state index in [9.17, 15) is 4.79 Å². The fourth-order valence-electron chi connectivity index (χ4n) is 3.40. The number of nitrogens with zero attached hydrogens (tertiary/aromatic N) is 3. The van der Waals surface area contributed by atoms with Crippen LogP contribution in [0.15, 0.2) is 12.1 Å². The van der Waals surface area contributed by atoms with Gasteiger partial charge in [-0.05, 0) is 31.0 Å². The Morgan fingerprint density at radius 2 is 2.12 bits per heavy atom. The molecule has 2 fully saturated rings. The average molecular weight is 366 g/mol. The number of hydrogen-bond donors (Lipinski definition) is 0. The lowest BCUT2D eigenvalue weighted by molar-refractivity contribution is -0.138. The number of aromatic nitrogens is 1. The number of rotatable bonds is 2. The Balaban J connectivity index is 1.50. The number of ether oxygens (including phenoxy) is 1. The van der Waals surface area contributed by atoms with Crippen LogP contribution >= 0.6 is 22.9 Å². The molecule has 1 atom stereocenters. The molecule has 1 aromatic carbocycles. The largest absolute Gasteiger partial charge is 0.378 e. The molecule has 0 saturated carbocycles. The number of fused-ring (bicyclic) bond motifs is 1. The first-order chi connectivity index (χ1) is 11.6. The molecule has 2 saturated heterocycles. The predicted octanol–water partition coefficient (Wildman–Crippen LogP) is 2.94. The zero-order valence-corrected chi connectivity index (χ0v) is 15.2. The third kappa shape index (κ3) is 2.87. The fraction of sp³-hybridized carbons (Fsp3) is 0.529. The summed E-state index contributed by atoms with van der Waals surface area (Å²) in [6.45, 7) is 6.38. The Hall–Kier alpha value is -1.37. The second-order valence-electron chi connectivity index (χ2n) is 6.38. The molecule has 0 spiro atoms. The first-order valence-electron chi connectivity index (χ1n) is 8.30. The minimum Gasteiger partial charge on any atom is -0.378 e. The highest BCUT2D eigenvalue weighted by atomic mass is 35.5. The summed E-state index contributed by atoms with van der Waals surface area (Å²) in [6, 6.07) is 3.95. The van der Waals surface area contributed by atoms with Crippen LogP contribution in [0.4, 0.5) is 5.13 Å². The molecule has 0 aliphatic carbocycles. The van der Waals surface area contributed by atoms with E-state index in [1.165, 1.54) is 0 Å². The summed E-state index contributed by atoms with van der Waals surface area (Å²) in [6.07, 6.45) is 0.895. The molecule has 7 heteroatoms. The highest BCUT2D eigenvalue weighted by molar-refractivity contribution is 7.22. The van der Waals surface area contributed by atoms with Gasteiger partial charge in [0, 0.05) is 31.2 Å². The third-order valence-corrected chi connectivity index (χ3v) is 6.36. The minimum absolute atomic E-state index is 0.0693. The monoisotopic (exact) mass is 365 g/mol. The fourth-order valence-corrected chi connectivity index (χ4v) is 4.61. The van der Waals surface area contributed by atoms with Crippen molar-refractivity contribution < 1.29 is 9.53 Å². The zero-order valence-electron chi connectivity index (χ0n) is 13.6. The van der Waals surface area contributed by atoms with Crippen molar-refractivity contribution in [3.8, 4) is 0 Å². The van der Waals surface area contributed by atoms with Gasteiger partial charge in [-0.2, -0.15) is 0 Å². The summed E-state index contributed by atoms with van der Waals surface area (Å²) >= 11 is 7.88. The van der Waals surface area contributed by atoms with Crippen molar-refractivity contribution in [2.75, 3.05) is 44.3 Å². The predicted molar refractivity (Wildman–Crippen MR) is 97.1 cm³/mol. The number of thiazole rings is 1. The molecule has 0 N–H and O–H groups in total. The SMILES string of the molecule is Cc1c(Cl)ccc2sc(N3CCC(C(=O)N4CCOCC4)C3)nc12. The van der Waals surface area contributed by atoms with Gasteiger partial charge in [-0.1, -0.05) is 22.9 Å². The molecule has 0 radical (unpaired) electrons. The van der Waals surface area contributed by atoms with Crippen molar-refractivity contribution >= 4 is 44.2 Å². The molecule has 0 bridgehead atoms. The van der Waals surface area contributed by atoms with E-state index in [0.29, 0.717) is 26.3 Å². The van der Waals surface area contributed by atoms with Gasteiger partial charge in [0.15, 0.2) is 5.13 Å². The number of aryl methyl sites for hydroxylation is 1. The van der Waals surface area contributed by atoms with Crippen LogP contribution in [0.2, 0.25) is 5.02 Å². The molecule has 24 heavy (non-hydrogen) atoms. The van der Waals surface area contributed by atoms with Crippen LogP contribution in [-0.4, -0.2) is 55.2 Å². The normalized spacial score (nSPS) is 21.7. The summed E-state index contributed by atoms with van der Waals surface area (Å²) in [5.74, 6) is 0.334. The Morgan fingerprint density at radius 1 is 1.33 bits per heavy atom. The Morgan fingerprint density at radius 3 is 2.92 bits per heavy atom. The molecule has 2 aromatic rings. The lowest BCUT2D eigenvalue weighted by Crippen LogP contribution is -2.44. The van der Waals surface area contributed by atoms with Crippen molar-refractivity contribution in [3.63, 3.8) is 0 Å². The van der Waals surface area contributed by atoms with Gasteiger partial charge < -0.3 is 14.5 Å². The van der Waals surface area contributed by atoms with Crippen LogP contribution < -0.4 is 4.90 Å². The van der Waals surface area contributed by atoms with Crippen LogP contribution in [-0.2, 0) is 9.53 Å². The number of morpholine rings is 1. The number of benzene rings is 1. The smallest absolute Gasteiger partial charge is 0.227 e. The Labute approximate surface area is 150 Å². The Kier molecular flexibility index (Phi) is 4.37. The minimum atomic E-state index is 0.0693. The van der Waals surface area contributed by atoms with Gasteiger partial charge >= 0.3 is 0 Å². The Bertz CT molecular complexity index is 773. The third-order valence-electron chi connectivity index (χ3n) is 4.87. The van der Waals surface area contributed by atoms with E-state index >= 15 is 0 Å². The van der Waals surface area contributed by atoms with Crippen LogP contribution in [0, 0.1) is 12.8 Å². The van der Waals surface area contributed by atoms with E-state index in [-0.39, 0.29) is 11.8 Å². The van der Waals surface area contributed by atoms with Gasteiger partial charge in [0.05, 0.1) is 29.3 Å². The quantitative estimate of drug-likeness (QED) is 0.820. The molecule has 128 valence electrons. The zero-order chi connectivity index (χ0) is 16.7. The van der Waals surface area contributed by atoms with Gasteiger partial charge in [-0.25, -0.2) is 4.98 Å². The number of amides is 1. The maximum atomic E-state index is 12.7. The maximum absolute atomic E-state index is 12.7. The maximum Gasteiger partial charge on any atom is 0.227 e.